The molecule has 0 bridgehead atoms. The van der Waals surface area contributed by atoms with Crippen molar-refractivity contribution in [3.63, 3.8) is 0 Å². The summed E-state index contributed by atoms with van der Waals surface area (Å²) in [5.74, 6) is 0. The number of benzene rings is 16. The van der Waals surface area contributed by atoms with E-state index >= 15 is 0 Å². The molecule has 0 aliphatic heterocycles. The van der Waals surface area contributed by atoms with Crippen LogP contribution < -0.4 is 14.7 Å². The third-order valence-corrected chi connectivity index (χ3v) is 18.8. The van der Waals surface area contributed by atoms with E-state index in [1.165, 1.54) is 76.7 Å². The van der Waals surface area contributed by atoms with E-state index in [-0.39, 0.29) is 0 Å². The van der Waals surface area contributed by atoms with E-state index in [0.717, 1.165) is 79.1 Å². The van der Waals surface area contributed by atoms with Crippen LogP contribution in [0.25, 0.3) is 105 Å². The molecule has 0 aliphatic carbocycles. The molecule has 0 saturated heterocycles. The summed E-state index contributed by atoms with van der Waals surface area (Å²) in [5, 5.41) is 7.21. The number of rotatable bonds is 15. The molecule has 16 aromatic carbocycles. The first kappa shape index (κ1) is 57.2. The van der Waals surface area contributed by atoms with Crippen molar-refractivity contribution in [1.82, 2.24) is 4.57 Å². The van der Waals surface area contributed by atoms with Crippen LogP contribution in [-0.2, 0) is 0 Å². The Labute approximate surface area is 560 Å². The molecule has 0 unspecified atom stereocenters. The number of hydrogen-bond donors (Lipinski definition) is 0. The first-order valence-electron chi connectivity index (χ1n) is 32.9. The number of fused-ring (bicyclic) bond motifs is 5. The Bertz CT molecular complexity index is 5490. The van der Waals surface area contributed by atoms with Gasteiger partial charge < -0.3 is 19.3 Å². The SMILES string of the molecule is c1ccc(-c2ccc(N(c3ccc(-c4ccccc4)cc3)c3ccc(-c4ccc5c(c4)c4ccccc4n5-c4ccc(-c5ccc6c(N(c7ccccc7)c7ccc(-c8ccc(N(c9ccccc9)c9cccc%10ccccc9%10)cc8)cc7)cccc6c5)cc4)cc3)cc2)cc1. The maximum atomic E-state index is 2.41. The van der Waals surface area contributed by atoms with Gasteiger partial charge in [-0.05, 0) is 200 Å². The average molecular weight is 1230 g/mol. The van der Waals surface area contributed by atoms with Crippen LogP contribution in [0.2, 0.25) is 0 Å². The van der Waals surface area contributed by atoms with Crippen molar-refractivity contribution in [3.8, 4) is 61.3 Å². The summed E-state index contributed by atoms with van der Waals surface area (Å²) in [6.45, 7) is 0. The van der Waals surface area contributed by atoms with Crippen molar-refractivity contribution < 1.29 is 0 Å². The molecule has 0 N–H and O–H groups in total. The second-order valence-corrected chi connectivity index (χ2v) is 24.5. The van der Waals surface area contributed by atoms with Gasteiger partial charge in [-0.25, -0.2) is 0 Å². The molecule has 0 amide bonds. The summed E-state index contributed by atoms with van der Waals surface area (Å²) in [7, 11) is 0. The molecule has 4 nitrogen and oxygen atoms in total. The number of aromatic nitrogens is 1. The summed E-state index contributed by atoms with van der Waals surface area (Å²) >= 11 is 0. The van der Waals surface area contributed by atoms with E-state index in [0.29, 0.717) is 0 Å². The van der Waals surface area contributed by atoms with Gasteiger partial charge in [-0.2, -0.15) is 0 Å². The van der Waals surface area contributed by atoms with Gasteiger partial charge in [-0.15, -0.1) is 0 Å². The van der Waals surface area contributed by atoms with Gasteiger partial charge in [0.2, 0.25) is 0 Å². The lowest BCUT2D eigenvalue weighted by Crippen LogP contribution is -2.10. The molecule has 4 heteroatoms. The molecule has 0 atom stereocenters. The predicted molar refractivity (Wildman–Crippen MR) is 407 cm³/mol. The molecular weight excluding hydrogens is 1160 g/mol. The minimum absolute atomic E-state index is 1.08. The normalized spacial score (nSPS) is 11.3. The molecule has 0 spiro atoms. The largest absolute Gasteiger partial charge is 0.311 e. The van der Waals surface area contributed by atoms with Crippen LogP contribution in [0.15, 0.2) is 388 Å². The van der Waals surface area contributed by atoms with Gasteiger partial charge in [0.15, 0.2) is 0 Å². The highest BCUT2D eigenvalue weighted by Crippen LogP contribution is 2.45. The third-order valence-electron chi connectivity index (χ3n) is 18.8. The van der Waals surface area contributed by atoms with Crippen LogP contribution in [-0.4, -0.2) is 4.57 Å². The third kappa shape index (κ3) is 10.9. The quantitative estimate of drug-likeness (QED) is 0.102. The Morgan fingerprint density at radius 1 is 0.167 bits per heavy atom. The number of hydrogen-bond acceptors (Lipinski definition) is 3. The van der Waals surface area contributed by atoms with Gasteiger partial charge in [0.1, 0.15) is 0 Å². The molecular formula is C92H64N4. The summed E-state index contributed by atoms with van der Waals surface area (Å²) < 4.78 is 2.41. The molecule has 0 fully saturated rings. The topological polar surface area (TPSA) is 14.7 Å². The van der Waals surface area contributed by atoms with E-state index in [4.69, 9.17) is 0 Å². The lowest BCUT2D eigenvalue weighted by molar-refractivity contribution is 1.18. The summed E-state index contributed by atoms with van der Waals surface area (Å²) in [4.78, 5) is 7.08. The Hall–Kier alpha value is -12.8. The van der Waals surface area contributed by atoms with Crippen molar-refractivity contribution in [2.45, 2.75) is 0 Å². The minimum atomic E-state index is 1.08. The predicted octanol–water partition coefficient (Wildman–Crippen LogP) is 25.8. The van der Waals surface area contributed by atoms with Gasteiger partial charge in [-0.1, -0.05) is 255 Å². The number of para-hydroxylation sites is 3. The second-order valence-electron chi connectivity index (χ2n) is 24.5. The fourth-order valence-electron chi connectivity index (χ4n) is 14.0. The highest BCUT2D eigenvalue weighted by Gasteiger charge is 2.21. The van der Waals surface area contributed by atoms with Gasteiger partial charge in [0.25, 0.3) is 0 Å². The first-order valence-corrected chi connectivity index (χ1v) is 32.9. The fourth-order valence-corrected chi connectivity index (χ4v) is 14.0. The van der Waals surface area contributed by atoms with Crippen molar-refractivity contribution in [1.29, 1.82) is 0 Å². The maximum absolute atomic E-state index is 2.41. The monoisotopic (exact) mass is 1220 g/mol. The molecule has 96 heavy (non-hydrogen) atoms. The average Bonchev–Trinajstić information content (AvgIpc) is 1.55. The molecule has 0 radical (unpaired) electrons. The highest BCUT2D eigenvalue weighted by molar-refractivity contribution is 6.11. The Balaban J connectivity index is 0.642. The molecule has 1 aromatic heterocycles. The molecule has 1 heterocycles. The Morgan fingerprint density at radius 3 is 0.969 bits per heavy atom. The highest BCUT2D eigenvalue weighted by atomic mass is 15.2. The molecule has 452 valence electrons. The number of anilines is 9. The van der Waals surface area contributed by atoms with Crippen molar-refractivity contribution in [3.05, 3.63) is 388 Å². The summed E-state index contributed by atoms with van der Waals surface area (Å²) in [6.07, 6.45) is 0. The fraction of sp³-hybridized carbons (Fsp3) is 0. The standard InChI is InChI=1S/C92H64N4/c1-5-19-65(20-6-1)67-35-49-79(50-36-67)93(80-51-37-68(38-52-80)66-21-7-2-8-22-66)81-53-43-72(44-54-81)75-48-62-92-88(64-75)87-31-15-16-32-91(87)96(92)84-59-45-71(46-60-84)74-47-61-86-76(63-74)25-18-34-90(86)95(78-28-11-4-12-29-78)83-57-41-70(42-58-83)69-39-55-82(56-40-69)94(77-26-9-3-10-27-77)89-33-17-24-73-23-13-14-30-85(73)89/h1-64H. The zero-order valence-corrected chi connectivity index (χ0v) is 52.7. The Kier molecular flexibility index (Phi) is 14.9. The lowest BCUT2D eigenvalue weighted by Gasteiger charge is -2.27. The molecule has 17 aromatic rings. The van der Waals surface area contributed by atoms with E-state index < -0.39 is 0 Å². The summed E-state index contributed by atoms with van der Waals surface area (Å²) in [5.41, 5.74) is 25.2. The van der Waals surface area contributed by atoms with Crippen LogP contribution in [0, 0.1) is 0 Å². The van der Waals surface area contributed by atoms with Crippen LogP contribution in [0.1, 0.15) is 0 Å². The smallest absolute Gasteiger partial charge is 0.0541 e. The van der Waals surface area contributed by atoms with E-state index in [9.17, 15) is 0 Å². The van der Waals surface area contributed by atoms with Crippen LogP contribution in [0.5, 0.6) is 0 Å². The van der Waals surface area contributed by atoms with Crippen LogP contribution >= 0.6 is 0 Å². The van der Waals surface area contributed by atoms with E-state index in [1.807, 2.05) is 0 Å². The van der Waals surface area contributed by atoms with E-state index in [2.05, 4.69) is 408 Å². The van der Waals surface area contributed by atoms with Crippen molar-refractivity contribution in [2.24, 2.45) is 0 Å². The van der Waals surface area contributed by atoms with Crippen LogP contribution in [0.4, 0.5) is 51.2 Å². The van der Waals surface area contributed by atoms with E-state index in [1.54, 1.807) is 0 Å². The molecule has 0 saturated carbocycles. The number of nitrogens with zero attached hydrogens (tertiary/aromatic N) is 4. The summed E-state index contributed by atoms with van der Waals surface area (Å²) in [6, 6.07) is 141. The van der Waals surface area contributed by atoms with Gasteiger partial charge >= 0.3 is 0 Å². The van der Waals surface area contributed by atoms with Crippen molar-refractivity contribution in [2.75, 3.05) is 14.7 Å². The Morgan fingerprint density at radius 2 is 0.479 bits per heavy atom. The molecule has 17 rings (SSSR count). The van der Waals surface area contributed by atoms with Gasteiger partial charge in [0.05, 0.1) is 22.4 Å². The zero-order chi connectivity index (χ0) is 63.7. The van der Waals surface area contributed by atoms with Crippen LogP contribution in [0.3, 0.4) is 0 Å². The zero-order valence-electron chi connectivity index (χ0n) is 52.7. The lowest BCUT2D eigenvalue weighted by atomic mass is 9.99. The molecule has 0 aliphatic rings. The second kappa shape index (κ2) is 25.0. The maximum Gasteiger partial charge on any atom is 0.0541 e. The minimum Gasteiger partial charge on any atom is -0.311 e. The van der Waals surface area contributed by atoms with Crippen molar-refractivity contribution >= 4 is 94.5 Å². The van der Waals surface area contributed by atoms with Gasteiger partial charge in [-0.3, -0.25) is 0 Å². The van der Waals surface area contributed by atoms with Gasteiger partial charge in [0, 0.05) is 67.0 Å². The first-order chi connectivity index (χ1) is 47.6.